The maximum atomic E-state index is 5.77. The highest BCUT2D eigenvalue weighted by molar-refractivity contribution is 4.86. The monoisotopic (exact) mass is 239 g/mol. The van der Waals surface area contributed by atoms with Gasteiger partial charge in [0.25, 0.3) is 0 Å². The highest BCUT2D eigenvalue weighted by Gasteiger charge is 2.30. The maximum absolute atomic E-state index is 5.77. The quantitative estimate of drug-likeness (QED) is 0.807. The summed E-state index contributed by atoms with van der Waals surface area (Å²) in [5, 5.41) is 0. The second kappa shape index (κ2) is 6.17. The Hall–Kier alpha value is -0.120. The third kappa shape index (κ3) is 3.21. The molecule has 3 heteroatoms. The molecule has 0 aromatic heterocycles. The molecule has 2 unspecified atom stereocenters. The Morgan fingerprint density at radius 1 is 1.18 bits per heavy atom. The van der Waals surface area contributed by atoms with Gasteiger partial charge in [0, 0.05) is 18.6 Å². The van der Waals surface area contributed by atoms with E-state index in [-0.39, 0.29) is 0 Å². The Labute approximate surface area is 106 Å². The largest absolute Gasteiger partial charge is 0.330 e. The standard InChI is InChI=1S/C14H29N3/c1-3-12(2)16-8-5-14(6-9-16)17-7-4-13(10-15)11-17/h12-14H,3-11,15H2,1-2H3. The number of rotatable bonds is 4. The fourth-order valence-corrected chi connectivity index (χ4v) is 3.34. The van der Waals surface area contributed by atoms with E-state index < -0.39 is 0 Å². The summed E-state index contributed by atoms with van der Waals surface area (Å²) in [5.41, 5.74) is 5.77. The smallest absolute Gasteiger partial charge is 0.0120 e. The molecular weight excluding hydrogens is 210 g/mol. The maximum Gasteiger partial charge on any atom is 0.0120 e. The predicted molar refractivity (Wildman–Crippen MR) is 73.1 cm³/mol. The minimum absolute atomic E-state index is 0.766. The van der Waals surface area contributed by atoms with Gasteiger partial charge in [0.05, 0.1) is 0 Å². The molecule has 2 fully saturated rings. The summed E-state index contributed by atoms with van der Waals surface area (Å²) in [5.74, 6) is 0.766. The topological polar surface area (TPSA) is 32.5 Å². The third-order valence-corrected chi connectivity index (χ3v) is 4.88. The molecule has 0 aromatic rings. The molecule has 2 aliphatic rings. The fourth-order valence-electron chi connectivity index (χ4n) is 3.34. The number of likely N-dealkylation sites (tertiary alicyclic amines) is 2. The van der Waals surface area contributed by atoms with E-state index >= 15 is 0 Å². The first-order valence-corrected chi connectivity index (χ1v) is 7.42. The van der Waals surface area contributed by atoms with Crippen molar-refractivity contribution < 1.29 is 0 Å². The van der Waals surface area contributed by atoms with Gasteiger partial charge in [-0.2, -0.15) is 0 Å². The summed E-state index contributed by atoms with van der Waals surface area (Å²) in [6.07, 6.45) is 5.33. The first kappa shape index (κ1) is 13.3. The predicted octanol–water partition coefficient (Wildman–Crippen LogP) is 1.53. The van der Waals surface area contributed by atoms with E-state index in [1.807, 2.05) is 0 Å². The van der Waals surface area contributed by atoms with Crippen LogP contribution < -0.4 is 5.73 Å². The number of piperidine rings is 1. The van der Waals surface area contributed by atoms with Gasteiger partial charge in [0.15, 0.2) is 0 Å². The zero-order chi connectivity index (χ0) is 12.3. The van der Waals surface area contributed by atoms with Gasteiger partial charge in [-0.05, 0) is 64.7 Å². The summed E-state index contributed by atoms with van der Waals surface area (Å²) in [4.78, 5) is 5.36. The van der Waals surface area contributed by atoms with Crippen LogP contribution in [-0.2, 0) is 0 Å². The van der Waals surface area contributed by atoms with Crippen LogP contribution in [-0.4, -0.2) is 54.6 Å². The van der Waals surface area contributed by atoms with E-state index in [1.165, 1.54) is 51.9 Å². The van der Waals surface area contributed by atoms with Gasteiger partial charge >= 0.3 is 0 Å². The SMILES string of the molecule is CCC(C)N1CCC(N2CCC(CN)C2)CC1. The first-order chi connectivity index (χ1) is 8.24. The van der Waals surface area contributed by atoms with Crippen molar-refractivity contribution >= 4 is 0 Å². The molecule has 2 rings (SSSR count). The van der Waals surface area contributed by atoms with Gasteiger partial charge in [-0.3, -0.25) is 4.90 Å². The van der Waals surface area contributed by atoms with E-state index in [0.29, 0.717) is 0 Å². The minimum atomic E-state index is 0.766. The average Bonchev–Trinajstić information content (AvgIpc) is 2.87. The van der Waals surface area contributed by atoms with Gasteiger partial charge in [0.1, 0.15) is 0 Å². The molecule has 3 nitrogen and oxygen atoms in total. The molecule has 17 heavy (non-hydrogen) atoms. The van der Waals surface area contributed by atoms with E-state index in [9.17, 15) is 0 Å². The Morgan fingerprint density at radius 2 is 1.88 bits per heavy atom. The Balaban J connectivity index is 1.76. The molecule has 0 radical (unpaired) electrons. The van der Waals surface area contributed by atoms with Crippen LogP contribution in [0.2, 0.25) is 0 Å². The van der Waals surface area contributed by atoms with Crippen LogP contribution in [0.5, 0.6) is 0 Å². The summed E-state index contributed by atoms with van der Waals surface area (Å²) < 4.78 is 0. The summed E-state index contributed by atoms with van der Waals surface area (Å²) in [7, 11) is 0. The van der Waals surface area contributed by atoms with Gasteiger partial charge < -0.3 is 10.6 Å². The van der Waals surface area contributed by atoms with Crippen LogP contribution in [0.4, 0.5) is 0 Å². The minimum Gasteiger partial charge on any atom is -0.330 e. The van der Waals surface area contributed by atoms with Crippen LogP contribution >= 0.6 is 0 Å². The zero-order valence-electron chi connectivity index (χ0n) is 11.6. The second-order valence-electron chi connectivity index (χ2n) is 5.91. The Morgan fingerprint density at radius 3 is 2.41 bits per heavy atom. The van der Waals surface area contributed by atoms with Crippen LogP contribution in [0.25, 0.3) is 0 Å². The van der Waals surface area contributed by atoms with Crippen molar-refractivity contribution in [1.82, 2.24) is 9.80 Å². The average molecular weight is 239 g/mol. The molecule has 2 N–H and O–H groups in total. The van der Waals surface area contributed by atoms with E-state index in [0.717, 1.165) is 24.5 Å². The number of nitrogens with two attached hydrogens (primary N) is 1. The molecule has 2 heterocycles. The summed E-state index contributed by atoms with van der Waals surface area (Å²) in [6.45, 7) is 10.7. The van der Waals surface area contributed by atoms with Crippen molar-refractivity contribution in [2.75, 3.05) is 32.7 Å². The molecule has 0 aromatic carbocycles. The molecule has 0 bridgehead atoms. The highest BCUT2D eigenvalue weighted by atomic mass is 15.2. The molecule has 0 amide bonds. The van der Waals surface area contributed by atoms with Crippen LogP contribution in [0.3, 0.4) is 0 Å². The Bertz CT molecular complexity index is 224. The molecule has 0 saturated carbocycles. The number of hydrogen-bond donors (Lipinski definition) is 1. The Kier molecular flexibility index (Phi) is 4.83. The van der Waals surface area contributed by atoms with Crippen LogP contribution in [0, 0.1) is 5.92 Å². The molecule has 0 spiro atoms. The molecule has 0 aliphatic carbocycles. The molecule has 2 saturated heterocycles. The van der Waals surface area contributed by atoms with Crippen molar-refractivity contribution in [3.8, 4) is 0 Å². The van der Waals surface area contributed by atoms with Crippen LogP contribution in [0.1, 0.15) is 39.5 Å². The fraction of sp³-hybridized carbons (Fsp3) is 1.00. The third-order valence-electron chi connectivity index (χ3n) is 4.88. The van der Waals surface area contributed by atoms with Crippen molar-refractivity contribution in [2.45, 2.75) is 51.6 Å². The van der Waals surface area contributed by atoms with Crippen molar-refractivity contribution in [2.24, 2.45) is 11.7 Å². The van der Waals surface area contributed by atoms with Crippen molar-refractivity contribution in [3.05, 3.63) is 0 Å². The van der Waals surface area contributed by atoms with Gasteiger partial charge in [-0.1, -0.05) is 6.92 Å². The summed E-state index contributed by atoms with van der Waals surface area (Å²) in [6, 6.07) is 1.61. The van der Waals surface area contributed by atoms with Crippen molar-refractivity contribution in [1.29, 1.82) is 0 Å². The van der Waals surface area contributed by atoms with Crippen LogP contribution in [0.15, 0.2) is 0 Å². The number of nitrogens with zero attached hydrogens (tertiary/aromatic N) is 2. The van der Waals surface area contributed by atoms with E-state index in [1.54, 1.807) is 0 Å². The molecular formula is C14H29N3. The highest BCUT2D eigenvalue weighted by Crippen LogP contribution is 2.24. The normalized spacial score (nSPS) is 30.9. The molecule has 2 atom stereocenters. The zero-order valence-corrected chi connectivity index (χ0v) is 11.6. The lowest BCUT2D eigenvalue weighted by Gasteiger charge is -2.39. The van der Waals surface area contributed by atoms with Crippen molar-refractivity contribution in [3.63, 3.8) is 0 Å². The van der Waals surface area contributed by atoms with Gasteiger partial charge in [0.2, 0.25) is 0 Å². The number of hydrogen-bond acceptors (Lipinski definition) is 3. The first-order valence-electron chi connectivity index (χ1n) is 7.42. The van der Waals surface area contributed by atoms with E-state index in [4.69, 9.17) is 5.73 Å². The molecule has 100 valence electrons. The lowest BCUT2D eigenvalue weighted by molar-refractivity contribution is 0.0982. The van der Waals surface area contributed by atoms with Gasteiger partial charge in [-0.15, -0.1) is 0 Å². The second-order valence-corrected chi connectivity index (χ2v) is 5.91. The van der Waals surface area contributed by atoms with E-state index in [2.05, 4.69) is 23.6 Å². The lowest BCUT2D eigenvalue weighted by Crippen LogP contribution is -2.46. The summed E-state index contributed by atoms with van der Waals surface area (Å²) >= 11 is 0. The van der Waals surface area contributed by atoms with Gasteiger partial charge in [-0.25, -0.2) is 0 Å². The lowest BCUT2D eigenvalue weighted by atomic mass is 10.0. The molecule has 2 aliphatic heterocycles.